The van der Waals surface area contributed by atoms with Crippen molar-refractivity contribution in [3.63, 3.8) is 0 Å². The van der Waals surface area contributed by atoms with Crippen molar-refractivity contribution in [1.29, 1.82) is 0 Å². The Morgan fingerprint density at radius 2 is 1.63 bits per heavy atom. The first-order chi connectivity index (χ1) is 18.5. The molecule has 1 heterocycles. The molecule has 1 aromatic heterocycles. The fourth-order valence-corrected chi connectivity index (χ4v) is 7.35. The Morgan fingerprint density at radius 1 is 0.974 bits per heavy atom. The van der Waals surface area contributed by atoms with Gasteiger partial charge in [-0.05, 0) is 93.1 Å². The second-order valence-electron chi connectivity index (χ2n) is 11.2. The molecule has 2 aliphatic carbocycles. The quantitative estimate of drug-likeness (QED) is 0.273. The molecule has 0 aliphatic heterocycles. The Morgan fingerprint density at radius 3 is 2.32 bits per heavy atom. The van der Waals surface area contributed by atoms with Crippen molar-refractivity contribution in [2.75, 3.05) is 18.8 Å². The zero-order chi connectivity index (χ0) is 26.5. The van der Waals surface area contributed by atoms with E-state index in [1.165, 1.54) is 61.4 Å². The lowest BCUT2D eigenvalue weighted by atomic mass is 9.78. The van der Waals surface area contributed by atoms with Gasteiger partial charge in [-0.3, -0.25) is 4.79 Å². The molecule has 0 unspecified atom stereocenters. The maximum Gasteiger partial charge on any atom is 0.180 e. The van der Waals surface area contributed by atoms with Crippen molar-refractivity contribution in [3.8, 4) is 11.1 Å². The topological polar surface area (TPSA) is 59.2 Å². The van der Waals surface area contributed by atoms with Crippen LogP contribution in [-0.2, 0) is 12.8 Å². The minimum Gasteiger partial charge on any atom is -0.375 e. The van der Waals surface area contributed by atoms with E-state index in [1.807, 2.05) is 24.3 Å². The van der Waals surface area contributed by atoms with Crippen molar-refractivity contribution in [3.05, 3.63) is 70.5 Å². The number of ketones is 1. The summed E-state index contributed by atoms with van der Waals surface area (Å²) in [6.45, 7) is 4.62. The third kappa shape index (κ3) is 6.70. The van der Waals surface area contributed by atoms with Crippen LogP contribution in [0, 0.1) is 17.7 Å². The van der Waals surface area contributed by atoms with Gasteiger partial charge >= 0.3 is 0 Å². The van der Waals surface area contributed by atoms with E-state index in [0.717, 1.165) is 60.0 Å². The molecule has 0 radical (unpaired) electrons. The molecule has 3 aromatic rings. The number of thiazole rings is 1. The van der Waals surface area contributed by atoms with Crippen molar-refractivity contribution in [1.82, 2.24) is 9.88 Å². The number of nitrogens with zero attached hydrogens (tertiary/aromatic N) is 2. The number of nitrogen functional groups attached to an aromatic ring is 1. The van der Waals surface area contributed by atoms with E-state index in [4.69, 9.17) is 5.73 Å². The standard InChI is InChI=1S/C32H40FN3OS/c1-2-18-36(28-15-16-29-31(21-28)38-32(34)35-29)19-17-22-3-5-23(6-4-22)20-30(37)26-9-7-24(8-10-26)25-11-13-27(33)14-12-25/h7-14,22-23,28H,2-6,15-21H2,1H3,(H2,34,35)/t22?,23?,28-/m0/s1. The average Bonchev–Trinajstić information content (AvgIpc) is 3.31. The first-order valence-electron chi connectivity index (χ1n) is 14.4. The highest BCUT2D eigenvalue weighted by atomic mass is 32.1. The molecule has 202 valence electrons. The van der Waals surface area contributed by atoms with Crippen LogP contribution in [0.1, 0.15) is 79.2 Å². The molecule has 2 aliphatic rings. The predicted molar refractivity (Wildman–Crippen MR) is 155 cm³/mol. The Bertz CT molecular complexity index is 1200. The Kier molecular flexibility index (Phi) is 8.90. The highest BCUT2D eigenvalue weighted by Crippen LogP contribution is 2.35. The lowest BCUT2D eigenvalue weighted by Crippen LogP contribution is -2.41. The lowest BCUT2D eigenvalue weighted by Gasteiger charge is -2.36. The Labute approximate surface area is 230 Å². The molecule has 5 rings (SSSR count). The minimum atomic E-state index is -0.237. The van der Waals surface area contributed by atoms with Crippen LogP contribution in [0.25, 0.3) is 11.1 Å². The normalized spacial score (nSPS) is 21.4. The Hall–Kier alpha value is -2.57. The maximum atomic E-state index is 13.2. The highest BCUT2D eigenvalue weighted by molar-refractivity contribution is 7.15. The number of hydrogen-bond donors (Lipinski definition) is 1. The molecule has 2 aromatic carbocycles. The monoisotopic (exact) mass is 533 g/mol. The van der Waals surface area contributed by atoms with E-state index >= 15 is 0 Å². The van der Waals surface area contributed by atoms with E-state index in [-0.39, 0.29) is 11.6 Å². The molecular formula is C32H40FN3OS. The van der Waals surface area contributed by atoms with Crippen LogP contribution >= 0.6 is 11.3 Å². The number of rotatable bonds is 10. The number of carbonyl (C=O) groups is 1. The van der Waals surface area contributed by atoms with Crippen molar-refractivity contribution >= 4 is 22.3 Å². The molecule has 0 saturated heterocycles. The zero-order valence-corrected chi connectivity index (χ0v) is 23.3. The van der Waals surface area contributed by atoms with Gasteiger partial charge in [0.05, 0.1) is 5.69 Å². The largest absolute Gasteiger partial charge is 0.375 e. The van der Waals surface area contributed by atoms with Crippen LogP contribution < -0.4 is 5.73 Å². The van der Waals surface area contributed by atoms with Crippen LogP contribution in [0.15, 0.2) is 48.5 Å². The van der Waals surface area contributed by atoms with E-state index in [9.17, 15) is 9.18 Å². The number of aromatic nitrogens is 1. The summed E-state index contributed by atoms with van der Waals surface area (Å²) in [5, 5.41) is 0.718. The van der Waals surface area contributed by atoms with Gasteiger partial charge in [-0.25, -0.2) is 9.37 Å². The van der Waals surface area contributed by atoms with Crippen molar-refractivity contribution in [2.45, 2.75) is 77.2 Å². The number of benzene rings is 2. The van der Waals surface area contributed by atoms with E-state index in [2.05, 4.69) is 16.8 Å². The number of aryl methyl sites for hydroxylation is 1. The number of halogens is 1. The van der Waals surface area contributed by atoms with E-state index in [0.29, 0.717) is 18.4 Å². The van der Waals surface area contributed by atoms with Gasteiger partial charge in [0.25, 0.3) is 0 Å². The summed E-state index contributed by atoms with van der Waals surface area (Å²) < 4.78 is 13.2. The number of hydrogen-bond acceptors (Lipinski definition) is 5. The third-order valence-corrected chi connectivity index (χ3v) is 9.56. The van der Waals surface area contributed by atoms with Gasteiger partial charge in [0.2, 0.25) is 0 Å². The Balaban J connectivity index is 1.07. The predicted octanol–water partition coefficient (Wildman–Crippen LogP) is 7.57. The first-order valence-corrected chi connectivity index (χ1v) is 15.2. The van der Waals surface area contributed by atoms with Crippen LogP contribution in [0.3, 0.4) is 0 Å². The smallest absolute Gasteiger partial charge is 0.180 e. The van der Waals surface area contributed by atoms with Crippen LogP contribution in [-0.4, -0.2) is 34.8 Å². The molecule has 0 bridgehead atoms. The first kappa shape index (κ1) is 27.0. The second-order valence-corrected chi connectivity index (χ2v) is 12.4. The molecule has 6 heteroatoms. The van der Waals surface area contributed by atoms with Crippen molar-refractivity contribution < 1.29 is 9.18 Å². The number of anilines is 1. The molecule has 38 heavy (non-hydrogen) atoms. The third-order valence-electron chi connectivity index (χ3n) is 8.61. The molecule has 4 nitrogen and oxygen atoms in total. The lowest BCUT2D eigenvalue weighted by molar-refractivity contribution is 0.0937. The molecule has 1 atom stereocenters. The number of fused-ring (bicyclic) bond motifs is 1. The number of carbonyl (C=O) groups excluding carboxylic acids is 1. The fourth-order valence-electron chi connectivity index (χ4n) is 6.40. The molecular weight excluding hydrogens is 493 g/mol. The zero-order valence-electron chi connectivity index (χ0n) is 22.5. The highest BCUT2D eigenvalue weighted by Gasteiger charge is 2.28. The van der Waals surface area contributed by atoms with E-state index < -0.39 is 0 Å². The summed E-state index contributed by atoms with van der Waals surface area (Å²) in [6, 6.07) is 14.9. The van der Waals surface area contributed by atoms with Gasteiger partial charge in [-0.2, -0.15) is 0 Å². The summed E-state index contributed by atoms with van der Waals surface area (Å²) in [5.74, 6) is 1.28. The molecule has 0 spiro atoms. The van der Waals surface area contributed by atoms with E-state index in [1.54, 1.807) is 23.5 Å². The van der Waals surface area contributed by atoms with Crippen molar-refractivity contribution in [2.24, 2.45) is 11.8 Å². The number of Topliss-reactive ketones (excluding diaryl/α,β-unsaturated/α-hetero) is 1. The second kappa shape index (κ2) is 12.5. The van der Waals surface area contributed by atoms with Gasteiger partial charge in [0, 0.05) is 22.9 Å². The summed E-state index contributed by atoms with van der Waals surface area (Å²) in [4.78, 5) is 21.6. The average molecular weight is 534 g/mol. The molecule has 0 amide bonds. The van der Waals surface area contributed by atoms with Gasteiger partial charge in [-0.15, -0.1) is 11.3 Å². The maximum absolute atomic E-state index is 13.2. The van der Waals surface area contributed by atoms with Gasteiger partial charge in [0.1, 0.15) is 5.82 Å². The van der Waals surface area contributed by atoms with Gasteiger partial charge in [-0.1, -0.05) is 56.2 Å². The van der Waals surface area contributed by atoms with Crippen LogP contribution in [0.5, 0.6) is 0 Å². The summed E-state index contributed by atoms with van der Waals surface area (Å²) in [6.07, 6.45) is 11.2. The fraction of sp³-hybridized carbons (Fsp3) is 0.500. The summed E-state index contributed by atoms with van der Waals surface area (Å²) in [5.41, 5.74) is 9.94. The molecule has 1 fully saturated rings. The van der Waals surface area contributed by atoms with Gasteiger partial charge < -0.3 is 10.6 Å². The minimum absolute atomic E-state index is 0.237. The van der Waals surface area contributed by atoms with Gasteiger partial charge in [0.15, 0.2) is 10.9 Å². The summed E-state index contributed by atoms with van der Waals surface area (Å²) >= 11 is 1.68. The molecule has 2 N–H and O–H groups in total. The number of nitrogens with two attached hydrogens (primary N) is 1. The SMILES string of the molecule is CCCN(CCC1CCC(CC(=O)c2ccc(-c3ccc(F)cc3)cc2)CC1)[C@H]1CCc2nc(N)sc2C1. The molecule has 1 saturated carbocycles. The van der Waals surface area contributed by atoms with Crippen LogP contribution in [0.4, 0.5) is 9.52 Å². The summed E-state index contributed by atoms with van der Waals surface area (Å²) in [7, 11) is 0. The van der Waals surface area contributed by atoms with Crippen LogP contribution in [0.2, 0.25) is 0 Å².